The van der Waals surface area contributed by atoms with Crippen molar-refractivity contribution < 1.29 is 19.1 Å². The highest BCUT2D eigenvalue weighted by Crippen LogP contribution is 2.38. The van der Waals surface area contributed by atoms with Crippen LogP contribution in [0.4, 0.5) is 10.1 Å². The molecule has 2 N–H and O–H groups in total. The van der Waals surface area contributed by atoms with Gasteiger partial charge in [0.2, 0.25) is 0 Å². The van der Waals surface area contributed by atoms with E-state index in [9.17, 15) is 19.1 Å². The summed E-state index contributed by atoms with van der Waals surface area (Å²) in [6, 6.07) is 11.7. The van der Waals surface area contributed by atoms with Gasteiger partial charge in [-0.3, -0.25) is 9.59 Å². The molecule has 1 aliphatic heterocycles. The molecule has 3 rings (SSSR count). The van der Waals surface area contributed by atoms with Crippen LogP contribution < -0.4 is 5.32 Å². The number of amides is 1. The summed E-state index contributed by atoms with van der Waals surface area (Å²) < 4.78 is 12.9. The summed E-state index contributed by atoms with van der Waals surface area (Å²) in [5.74, 6) is -1.50. The van der Waals surface area contributed by atoms with E-state index in [-0.39, 0.29) is 12.0 Å². The van der Waals surface area contributed by atoms with Gasteiger partial charge in [-0.1, -0.05) is 18.2 Å². The van der Waals surface area contributed by atoms with Gasteiger partial charge in [-0.25, -0.2) is 4.39 Å². The van der Waals surface area contributed by atoms with Gasteiger partial charge < -0.3 is 10.4 Å². The van der Waals surface area contributed by atoms with Gasteiger partial charge in [0.1, 0.15) is 5.82 Å². The van der Waals surface area contributed by atoms with Crippen LogP contribution in [-0.4, -0.2) is 16.8 Å². The molecule has 21 heavy (non-hydrogen) atoms. The second kappa shape index (κ2) is 4.79. The zero-order valence-corrected chi connectivity index (χ0v) is 11.0. The van der Waals surface area contributed by atoms with Gasteiger partial charge in [-0.15, -0.1) is 0 Å². The lowest BCUT2D eigenvalue weighted by Gasteiger charge is -2.19. The fraction of sp³-hybridized carbons (Fsp3) is 0.125. The Bertz CT molecular complexity index is 727. The Balaban J connectivity index is 1.92. The number of para-hydroxylation sites is 1. The predicted molar refractivity (Wildman–Crippen MR) is 74.3 cm³/mol. The van der Waals surface area contributed by atoms with Crippen LogP contribution in [0, 0.1) is 5.82 Å². The van der Waals surface area contributed by atoms with Crippen molar-refractivity contribution in [2.45, 2.75) is 12.0 Å². The van der Waals surface area contributed by atoms with E-state index in [4.69, 9.17) is 0 Å². The van der Waals surface area contributed by atoms with Gasteiger partial charge in [0, 0.05) is 16.8 Å². The first-order valence-electron chi connectivity index (χ1n) is 6.43. The molecule has 0 aromatic heterocycles. The minimum atomic E-state index is -1.89. The first-order valence-corrected chi connectivity index (χ1v) is 6.43. The zero-order chi connectivity index (χ0) is 15.0. The standard InChI is InChI=1S/C16H12FNO3/c17-11-7-5-10(6-8-11)14(19)9-16(21)12-3-1-2-4-13(12)18-15(16)20/h1-8,21H,9H2,(H,18,20)/t16-/m1/s1. The van der Waals surface area contributed by atoms with E-state index in [0.29, 0.717) is 11.3 Å². The second-order valence-electron chi connectivity index (χ2n) is 4.97. The normalized spacial score (nSPS) is 20.0. The van der Waals surface area contributed by atoms with Crippen molar-refractivity contribution in [2.24, 2.45) is 0 Å². The Morgan fingerprint density at radius 1 is 1.14 bits per heavy atom. The number of carbonyl (C=O) groups excluding carboxylic acids is 2. The molecule has 2 aromatic rings. The summed E-state index contributed by atoms with van der Waals surface area (Å²) in [4.78, 5) is 24.2. The van der Waals surface area contributed by atoms with Gasteiger partial charge in [0.15, 0.2) is 11.4 Å². The summed E-state index contributed by atoms with van der Waals surface area (Å²) in [6.45, 7) is 0. The molecule has 0 unspecified atom stereocenters. The van der Waals surface area contributed by atoms with Crippen LogP contribution in [0.15, 0.2) is 48.5 Å². The molecule has 5 heteroatoms. The molecule has 2 aromatic carbocycles. The SMILES string of the molecule is O=C(C[C@]1(O)C(=O)Nc2ccccc21)c1ccc(F)cc1. The highest BCUT2D eigenvalue weighted by atomic mass is 19.1. The van der Waals surface area contributed by atoms with Gasteiger partial charge in [-0.2, -0.15) is 0 Å². The molecule has 0 saturated carbocycles. The Hall–Kier alpha value is -2.53. The molecule has 1 aliphatic rings. The quantitative estimate of drug-likeness (QED) is 0.850. The Morgan fingerprint density at radius 2 is 1.81 bits per heavy atom. The van der Waals surface area contributed by atoms with E-state index in [1.807, 2.05) is 0 Å². The number of Topliss-reactive ketones (excluding diaryl/α,β-unsaturated/α-hetero) is 1. The molecule has 106 valence electrons. The number of anilines is 1. The van der Waals surface area contributed by atoms with E-state index in [0.717, 1.165) is 0 Å². The fourth-order valence-electron chi connectivity index (χ4n) is 2.45. The summed E-state index contributed by atoms with van der Waals surface area (Å²) in [7, 11) is 0. The molecule has 0 aliphatic carbocycles. The largest absolute Gasteiger partial charge is 0.375 e. The zero-order valence-electron chi connectivity index (χ0n) is 11.0. The lowest BCUT2D eigenvalue weighted by molar-refractivity contribution is -0.133. The Labute approximate surface area is 120 Å². The van der Waals surface area contributed by atoms with Crippen LogP contribution in [0.3, 0.4) is 0 Å². The summed E-state index contributed by atoms with van der Waals surface area (Å²) in [5.41, 5.74) is -0.758. The molecular formula is C16H12FNO3. The maximum Gasteiger partial charge on any atom is 0.261 e. The third-order valence-electron chi connectivity index (χ3n) is 3.58. The summed E-state index contributed by atoms with van der Waals surface area (Å²) >= 11 is 0. The first kappa shape index (κ1) is 13.5. The average molecular weight is 285 g/mol. The minimum Gasteiger partial charge on any atom is -0.375 e. The van der Waals surface area contributed by atoms with Crippen LogP contribution in [0.25, 0.3) is 0 Å². The van der Waals surface area contributed by atoms with Gasteiger partial charge in [0.05, 0.1) is 6.42 Å². The number of hydrogen-bond acceptors (Lipinski definition) is 3. The van der Waals surface area contributed by atoms with Crippen LogP contribution in [0.2, 0.25) is 0 Å². The van der Waals surface area contributed by atoms with E-state index in [1.165, 1.54) is 24.3 Å². The van der Waals surface area contributed by atoms with Gasteiger partial charge in [0.25, 0.3) is 5.91 Å². The molecule has 0 bridgehead atoms. The monoisotopic (exact) mass is 285 g/mol. The summed E-state index contributed by atoms with van der Waals surface area (Å²) in [5, 5.41) is 13.1. The number of carbonyl (C=O) groups is 2. The second-order valence-corrected chi connectivity index (χ2v) is 4.97. The maximum atomic E-state index is 12.9. The van der Waals surface area contributed by atoms with Crippen LogP contribution >= 0.6 is 0 Å². The number of nitrogens with one attached hydrogen (secondary N) is 1. The number of fused-ring (bicyclic) bond motifs is 1. The third-order valence-corrected chi connectivity index (χ3v) is 3.58. The van der Waals surface area contributed by atoms with Crippen LogP contribution in [-0.2, 0) is 10.4 Å². The minimum absolute atomic E-state index is 0.252. The lowest BCUT2D eigenvalue weighted by Crippen LogP contribution is -2.36. The van der Waals surface area contributed by atoms with E-state index >= 15 is 0 Å². The molecule has 4 nitrogen and oxygen atoms in total. The Kier molecular flexibility index (Phi) is 3.07. The molecule has 0 fully saturated rings. The van der Waals surface area contributed by atoms with E-state index < -0.39 is 23.1 Å². The predicted octanol–water partition coefficient (Wildman–Crippen LogP) is 2.24. The number of rotatable bonds is 3. The Morgan fingerprint density at radius 3 is 2.52 bits per heavy atom. The number of halogens is 1. The molecule has 1 heterocycles. The number of aliphatic hydroxyl groups is 1. The van der Waals surface area contributed by atoms with Crippen molar-refractivity contribution in [3.8, 4) is 0 Å². The van der Waals surface area contributed by atoms with Crippen LogP contribution in [0.5, 0.6) is 0 Å². The molecule has 1 atom stereocenters. The molecule has 0 radical (unpaired) electrons. The van der Waals surface area contributed by atoms with Crippen molar-refractivity contribution >= 4 is 17.4 Å². The van der Waals surface area contributed by atoms with Crippen molar-refractivity contribution in [1.82, 2.24) is 0 Å². The highest BCUT2D eigenvalue weighted by molar-refractivity contribution is 6.09. The summed E-state index contributed by atoms with van der Waals surface area (Å²) in [6.07, 6.45) is -0.387. The number of ketones is 1. The fourth-order valence-corrected chi connectivity index (χ4v) is 2.45. The van der Waals surface area contributed by atoms with Crippen molar-refractivity contribution in [1.29, 1.82) is 0 Å². The van der Waals surface area contributed by atoms with Gasteiger partial charge >= 0.3 is 0 Å². The van der Waals surface area contributed by atoms with Crippen LogP contribution in [0.1, 0.15) is 22.3 Å². The van der Waals surface area contributed by atoms with Crippen molar-refractivity contribution in [2.75, 3.05) is 5.32 Å². The van der Waals surface area contributed by atoms with E-state index in [2.05, 4.69) is 5.32 Å². The topological polar surface area (TPSA) is 66.4 Å². The molecular weight excluding hydrogens is 273 g/mol. The molecule has 1 amide bonds. The smallest absolute Gasteiger partial charge is 0.261 e. The first-order chi connectivity index (χ1) is 10.0. The van der Waals surface area contributed by atoms with Crippen molar-refractivity contribution in [3.63, 3.8) is 0 Å². The highest BCUT2D eigenvalue weighted by Gasteiger charge is 2.46. The lowest BCUT2D eigenvalue weighted by atomic mass is 9.88. The maximum absolute atomic E-state index is 12.9. The third kappa shape index (κ3) is 2.21. The average Bonchev–Trinajstić information content (AvgIpc) is 2.71. The number of benzene rings is 2. The molecule has 0 spiro atoms. The van der Waals surface area contributed by atoms with Gasteiger partial charge in [-0.05, 0) is 30.3 Å². The van der Waals surface area contributed by atoms with Crippen molar-refractivity contribution in [3.05, 3.63) is 65.5 Å². The molecule has 0 saturated heterocycles. The number of hydrogen-bond donors (Lipinski definition) is 2. The van der Waals surface area contributed by atoms with E-state index in [1.54, 1.807) is 24.3 Å².